The maximum absolute atomic E-state index is 13.6. The molecular formula is C19H12F2N4O2S. The van der Waals surface area contributed by atoms with Crippen molar-refractivity contribution in [1.29, 1.82) is 0 Å². The Labute approximate surface area is 161 Å². The lowest BCUT2D eigenvalue weighted by molar-refractivity contribution is -0.116. The molecular weight excluding hydrogens is 386 g/mol. The predicted octanol–water partition coefficient (Wildman–Crippen LogP) is 3.44. The average molecular weight is 398 g/mol. The summed E-state index contributed by atoms with van der Waals surface area (Å²) in [5, 5.41) is 2.42. The number of para-hydroxylation sites is 1. The Morgan fingerprint density at radius 1 is 1.11 bits per heavy atom. The second-order valence-corrected chi connectivity index (χ2v) is 6.69. The molecule has 1 amide bonds. The fourth-order valence-corrected chi connectivity index (χ4v) is 3.48. The highest BCUT2D eigenvalue weighted by molar-refractivity contribution is 7.13. The SMILES string of the molecule is O=C(Cn1cnc2c(-c3ccc(F)cc3)nsc2c1=O)Nc1ccccc1F. The fraction of sp³-hybridized carbons (Fsp3) is 0.0526. The molecule has 0 aliphatic carbocycles. The number of anilines is 1. The van der Waals surface area contributed by atoms with Gasteiger partial charge in [-0.05, 0) is 47.9 Å². The summed E-state index contributed by atoms with van der Waals surface area (Å²) in [4.78, 5) is 29.1. The van der Waals surface area contributed by atoms with Crippen molar-refractivity contribution in [3.63, 3.8) is 0 Å². The van der Waals surface area contributed by atoms with Crippen LogP contribution in [0.1, 0.15) is 0 Å². The second kappa shape index (κ2) is 7.28. The van der Waals surface area contributed by atoms with Crippen molar-refractivity contribution in [3.05, 3.63) is 76.8 Å². The van der Waals surface area contributed by atoms with Gasteiger partial charge in [0.15, 0.2) is 0 Å². The van der Waals surface area contributed by atoms with Gasteiger partial charge in [-0.25, -0.2) is 13.8 Å². The Bertz CT molecular complexity index is 1230. The van der Waals surface area contributed by atoms with Crippen LogP contribution in [0.4, 0.5) is 14.5 Å². The third kappa shape index (κ3) is 3.39. The van der Waals surface area contributed by atoms with E-state index in [1.54, 1.807) is 18.2 Å². The molecule has 0 fully saturated rings. The lowest BCUT2D eigenvalue weighted by Gasteiger charge is -2.08. The second-order valence-electron chi connectivity index (χ2n) is 5.92. The molecule has 2 aromatic heterocycles. The topological polar surface area (TPSA) is 76.9 Å². The number of aromatic nitrogens is 3. The molecule has 0 aliphatic heterocycles. The molecule has 9 heteroatoms. The van der Waals surface area contributed by atoms with Crippen molar-refractivity contribution in [3.8, 4) is 11.3 Å². The van der Waals surface area contributed by atoms with Gasteiger partial charge in [0.1, 0.15) is 34.1 Å². The van der Waals surface area contributed by atoms with Crippen molar-refractivity contribution >= 4 is 33.3 Å². The Balaban J connectivity index is 1.62. The lowest BCUT2D eigenvalue weighted by atomic mass is 10.1. The van der Waals surface area contributed by atoms with Crippen LogP contribution >= 0.6 is 11.5 Å². The number of fused-ring (bicyclic) bond motifs is 1. The molecule has 2 aromatic carbocycles. The van der Waals surface area contributed by atoms with Crippen LogP contribution in [0.2, 0.25) is 0 Å². The van der Waals surface area contributed by atoms with Gasteiger partial charge in [0, 0.05) is 5.56 Å². The van der Waals surface area contributed by atoms with Crippen LogP contribution in [-0.2, 0) is 11.3 Å². The Morgan fingerprint density at radius 3 is 2.61 bits per heavy atom. The largest absolute Gasteiger partial charge is 0.322 e. The van der Waals surface area contributed by atoms with E-state index in [1.807, 2.05) is 0 Å². The number of nitrogens with zero attached hydrogens (tertiary/aromatic N) is 3. The van der Waals surface area contributed by atoms with Gasteiger partial charge in [-0.15, -0.1) is 0 Å². The number of benzene rings is 2. The number of halogens is 2. The summed E-state index contributed by atoms with van der Waals surface area (Å²) >= 11 is 0.956. The zero-order valence-corrected chi connectivity index (χ0v) is 15.0. The summed E-state index contributed by atoms with van der Waals surface area (Å²) in [6, 6.07) is 11.5. The molecule has 0 unspecified atom stereocenters. The Morgan fingerprint density at radius 2 is 1.86 bits per heavy atom. The first kappa shape index (κ1) is 17.9. The van der Waals surface area contributed by atoms with Crippen LogP contribution in [-0.4, -0.2) is 19.8 Å². The van der Waals surface area contributed by atoms with Crippen molar-refractivity contribution in [2.24, 2.45) is 0 Å². The average Bonchev–Trinajstić information content (AvgIpc) is 3.11. The van der Waals surface area contributed by atoms with E-state index in [2.05, 4.69) is 14.7 Å². The molecule has 2 heterocycles. The van der Waals surface area contributed by atoms with Gasteiger partial charge in [0.25, 0.3) is 5.56 Å². The molecule has 28 heavy (non-hydrogen) atoms. The number of nitrogens with one attached hydrogen (secondary N) is 1. The fourth-order valence-electron chi connectivity index (χ4n) is 2.67. The lowest BCUT2D eigenvalue weighted by Crippen LogP contribution is -2.27. The van der Waals surface area contributed by atoms with Gasteiger partial charge in [-0.2, -0.15) is 4.37 Å². The Kier molecular flexibility index (Phi) is 4.66. The van der Waals surface area contributed by atoms with Crippen LogP contribution in [0.25, 0.3) is 21.5 Å². The molecule has 4 rings (SSSR count). The standard InChI is InChI=1S/C19H12F2N4O2S/c20-12-7-5-11(6-8-12)16-17-18(28-24-16)19(27)25(10-22-17)9-15(26)23-14-4-2-1-3-13(14)21/h1-8,10H,9H2,(H,23,26). The van der Waals surface area contributed by atoms with Gasteiger partial charge >= 0.3 is 0 Å². The van der Waals surface area contributed by atoms with E-state index >= 15 is 0 Å². The van der Waals surface area contributed by atoms with Crippen molar-refractivity contribution in [2.45, 2.75) is 6.54 Å². The van der Waals surface area contributed by atoms with Gasteiger partial charge in [0.2, 0.25) is 5.91 Å². The van der Waals surface area contributed by atoms with Gasteiger partial charge in [-0.3, -0.25) is 14.2 Å². The quantitative estimate of drug-likeness (QED) is 0.571. The van der Waals surface area contributed by atoms with Gasteiger partial charge < -0.3 is 5.32 Å². The van der Waals surface area contributed by atoms with Crippen LogP contribution in [0.15, 0.2) is 59.7 Å². The molecule has 0 saturated carbocycles. The molecule has 0 saturated heterocycles. The van der Waals surface area contributed by atoms with E-state index in [9.17, 15) is 18.4 Å². The van der Waals surface area contributed by atoms with E-state index in [0.717, 1.165) is 16.1 Å². The molecule has 4 aromatic rings. The van der Waals surface area contributed by atoms with E-state index in [1.165, 1.54) is 36.7 Å². The highest BCUT2D eigenvalue weighted by Gasteiger charge is 2.16. The third-order valence-corrected chi connectivity index (χ3v) is 4.85. The monoisotopic (exact) mass is 398 g/mol. The van der Waals surface area contributed by atoms with E-state index < -0.39 is 17.3 Å². The first-order chi connectivity index (χ1) is 13.5. The number of hydrogen-bond acceptors (Lipinski definition) is 5. The molecule has 6 nitrogen and oxygen atoms in total. The normalized spacial score (nSPS) is 10.9. The Hall–Kier alpha value is -3.46. The van der Waals surface area contributed by atoms with Crippen molar-refractivity contribution in [2.75, 3.05) is 5.32 Å². The van der Waals surface area contributed by atoms with E-state index in [4.69, 9.17) is 0 Å². The van der Waals surface area contributed by atoms with Crippen molar-refractivity contribution in [1.82, 2.24) is 13.9 Å². The number of rotatable bonds is 4. The summed E-state index contributed by atoms with van der Waals surface area (Å²) in [6.07, 6.45) is 1.24. The number of hydrogen-bond donors (Lipinski definition) is 1. The summed E-state index contributed by atoms with van der Waals surface area (Å²) in [7, 11) is 0. The predicted molar refractivity (Wildman–Crippen MR) is 102 cm³/mol. The molecule has 0 radical (unpaired) electrons. The molecule has 0 bridgehead atoms. The highest BCUT2D eigenvalue weighted by atomic mass is 32.1. The van der Waals surface area contributed by atoms with E-state index in [-0.39, 0.29) is 22.7 Å². The first-order valence-corrected chi connectivity index (χ1v) is 8.95. The maximum atomic E-state index is 13.6. The summed E-state index contributed by atoms with van der Waals surface area (Å²) in [6.45, 7) is -0.320. The minimum Gasteiger partial charge on any atom is -0.322 e. The number of carbonyl (C=O) groups is 1. The third-order valence-electron chi connectivity index (χ3n) is 4.03. The minimum atomic E-state index is -0.567. The van der Waals surface area contributed by atoms with Crippen LogP contribution in [0.5, 0.6) is 0 Å². The highest BCUT2D eigenvalue weighted by Crippen LogP contribution is 2.27. The number of carbonyl (C=O) groups excluding carboxylic acids is 1. The first-order valence-electron chi connectivity index (χ1n) is 8.18. The molecule has 1 N–H and O–H groups in total. The smallest absolute Gasteiger partial charge is 0.273 e. The summed E-state index contributed by atoms with van der Waals surface area (Å²) in [5.41, 5.74) is 1.09. The van der Waals surface area contributed by atoms with Gasteiger partial charge in [0.05, 0.1) is 12.0 Å². The van der Waals surface area contributed by atoms with Crippen molar-refractivity contribution < 1.29 is 13.6 Å². The minimum absolute atomic E-state index is 0.0333. The van der Waals surface area contributed by atoms with Crippen LogP contribution < -0.4 is 10.9 Å². The van der Waals surface area contributed by atoms with Crippen LogP contribution in [0.3, 0.4) is 0 Å². The van der Waals surface area contributed by atoms with Gasteiger partial charge in [-0.1, -0.05) is 12.1 Å². The zero-order chi connectivity index (χ0) is 19.7. The maximum Gasteiger partial charge on any atom is 0.273 e. The zero-order valence-electron chi connectivity index (χ0n) is 14.2. The van der Waals surface area contributed by atoms with Crippen LogP contribution in [0, 0.1) is 11.6 Å². The number of amides is 1. The molecule has 0 spiro atoms. The summed E-state index contributed by atoms with van der Waals surface area (Å²) < 4.78 is 32.4. The molecule has 140 valence electrons. The molecule has 0 atom stereocenters. The summed E-state index contributed by atoms with van der Waals surface area (Å²) in [5.74, 6) is -1.50. The molecule has 0 aliphatic rings. The van der Waals surface area contributed by atoms with E-state index in [0.29, 0.717) is 16.8 Å².